The number of hydrogen-bond donors (Lipinski definition) is 0. The molecule has 0 aliphatic carbocycles. The molecule has 0 amide bonds. The fourth-order valence-electron chi connectivity index (χ4n) is 1.89. The molecule has 0 atom stereocenters. The summed E-state index contributed by atoms with van der Waals surface area (Å²) in [4.78, 5) is 14.0. The number of halogens is 1. The Kier molecular flexibility index (Phi) is 2.94. The van der Waals surface area contributed by atoms with Crippen LogP contribution >= 0.6 is 11.6 Å². The van der Waals surface area contributed by atoms with Crippen LogP contribution in [0.5, 0.6) is 0 Å². The van der Waals surface area contributed by atoms with Gasteiger partial charge >= 0.3 is 0 Å². The van der Waals surface area contributed by atoms with Gasteiger partial charge in [-0.05, 0) is 30.7 Å². The summed E-state index contributed by atoms with van der Waals surface area (Å²) >= 11 is 5.84. The standard InChI is InChI=1S/C13H16ClNO/c1-13(2)7-8-15(9-12(13)16)11-5-3-10(14)4-6-11/h3-6H,7-9H2,1-2H3. The second-order valence-electron chi connectivity index (χ2n) is 4.96. The van der Waals surface area contributed by atoms with Gasteiger partial charge in [0.1, 0.15) is 0 Å². The van der Waals surface area contributed by atoms with Crippen molar-refractivity contribution in [2.75, 3.05) is 18.0 Å². The molecule has 1 aliphatic heterocycles. The Morgan fingerprint density at radius 1 is 1.25 bits per heavy atom. The summed E-state index contributed by atoms with van der Waals surface area (Å²) in [6.45, 7) is 5.48. The lowest BCUT2D eigenvalue weighted by atomic mass is 9.81. The Balaban J connectivity index is 2.14. The topological polar surface area (TPSA) is 20.3 Å². The smallest absolute Gasteiger partial charge is 0.157 e. The van der Waals surface area contributed by atoms with Crippen molar-refractivity contribution in [2.24, 2.45) is 5.41 Å². The molecule has 1 saturated heterocycles. The summed E-state index contributed by atoms with van der Waals surface area (Å²) in [5, 5.41) is 0.729. The van der Waals surface area contributed by atoms with Crippen molar-refractivity contribution in [3.05, 3.63) is 29.3 Å². The number of carbonyl (C=O) groups excluding carboxylic acids is 1. The van der Waals surface area contributed by atoms with Gasteiger partial charge in [-0.2, -0.15) is 0 Å². The zero-order valence-electron chi connectivity index (χ0n) is 9.66. The molecule has 0 unspecified atom stereocenters. The third kappa shape index (κ3) is 2.22. The molecule has 0 bridgehead atoms. The Morgan fingerprint density at radius 2 is 1.88 bits per heavy atom. The first-order valence-electron chi connectivity index (χ1n) is 5.53. The van der Waals surface area contributed by atoms with Gasteiger partial charge in [0.15, 0.2) is 5.78 Å². The molecule has 1 fully saturated rings. The first kappa shape index (κ1) is 11.5. The average Bonchev–Trinajstić information content (AvgIpc) is 2.24. The minimum absolute atomic E-state index is 0.164. The van der Waals surface area contributed by atoms with Crippen molar-refractivity contribution in [1.29, 1.82) is 0 Å². The second-order valence-corrected chi connectivity index (χ2v) is 5.39. The van der Waals surface area contributed by atoms with Gasteiger partial charge in [-0.1, -0.05) is 25.4 Å². The van der Waals surface area contributed by atoms with Crippen LogP contribution in [-0.4, -0.2) is 18.9 Å². The van der Waals surface area contributed by atoms with Crippen LogP contribution in [-0.2, 0) is 4.79 Å². The Bertz CT molecular complexity index is 397. The number of nitrogens with zero attached hydrogens (tertiary/aromatic N) is 1. The first-order valence-corrected chi connectivity index (χ1v) is 5.91. The summed E-state index contributed by atoms with van der Waals surface area (Å²) in [5.41, 5.74) is 0.913. The van der Waals surface area contributed by atoms with Gasteiger partial charge in [-0.25, -0.2) is 0 Å². The van der Waals surface area contributed by atoms with Crippen LogP contribution in [0.3, 0.4) is 0 Å². The highest BCUT2D eigenvalue weighted by Crippen LogP contribution is 2.29. The molecule has 2 rings (SSSR count). The molecule has 0 spiro atoms. The van der Waals surface area contributed by atoms with Crippen LogP contribution in [0.1, 0.15) is 20.3 Å². The number of hydrogen-bond acceptors (Lipinski definition) is 2. The predicted octanol–water partition coefficient (Wildman–Crippen LogP) is 3.15. The van der Waals surface area contributed by atoms with Crippen molar-refractivity contribution in [1.82, 2.24) is 0 Å². The summed E-state index contributed by atoms with van der Waals surface area (Å²) in [5.74, 6) is 0.314. The number of Topliss-reactive ketones (excluding diaryl/α,β-unsaturated/α-hetero) is 1. The molecule has 16 heavy (non-hydrogen) atoms. The van der Waals surface area contributed by atoms with Crippen LogP contribution in [0.15, 0.2) is 24.3 Å². The van der Waals surface area contributed by atoms with Crippen molar-refractivity contribution in [2.45, 2.75) is 20.3 Å². The zero-order valence-corrected chi connectivity index (χ0v) is 10.4. The predicted molar refractivity (Wildman–Crippen MR) is 67.1 cm³/mol. The molecule has 86 valence electrons. The number of ketones is 1. The van der Waals surface area contributed by atoms with E-state index in [4.69, 9.17) is 11.6 Å². The molecule has 1 heterocycles. The molecule has 2 nitrogen and oxygen atoms in total. The number of benzene rings is 1. The molecule has 0 radical (unpaired) electrons. The minimum atomic E-state index is -0.164. The van der Waals surface area contributed by atoms with Gasteiger partial charge in [-0.15, -0.1) is 0 Å². The maximum absolute atomic E-state index is 11.9. The van der Waals surface area contributed by atoms with Gasteiger partial charge in [0.2, 0.25) is 0 Å². The lowest BCUT2D eigenvalue weighted by Gasteiger charge is -2.36. The molecule has 1 aromatic carbocycles. The fraction of sp³-hybridized carbons (Fsp3) is 0.462. The van der Waals surface area contributed by atoms with E-state index in [-0.39, 0.29) is 5.41 Å². The van der Waals surface area contributed by atoms with Gasteiger partial charge in [0.05, 0.1) is 6.54 Å². The highest BCUT2D eigenvalue weighted by Gasteiger charge is 2.33. The third-order valence-corrected chi connectivity index (χ3v) is 3.54. The monoisotopic (exact) mass is 237 g/mol. The Labute approximate surface area is 101 Å². The SMILES string of the molecule is CC1(C)CCN(c2ccc(Cl)cc2)CC1=O. The maximum Gasteiger partial charge on any atom is 0.157 e. The van der Waals surface area contributed by atoms with Gasteiger partial charge in [0, 0.05) is 22.7 Å². The van der Waals surface area contributed by atoms with Crippen LogP contribution in [0.2, 0.25) is 5.02 Å². The molecular weight excluding hydrogens is 222 g/mol. The van der Waals surface area contributed by atoms with Crippen molar-refractivity contribution in [3.8, 4) is 0 Å². The van der Waals surface area contributed by atoms with E-state index < -0.39 is 0 Å². The summed E-state index contributed by atoms with van der Waals surface area (Å²) in [6, 6.07) is 7.66. The highest BCUT2D eigenvalue weighted by molar-refractivity contribution is 6.30. The van der Waals surface area contributed by atoms with Gasteiger partial charge in [0.25, 0.3) is 0 Å². The number of piperidine rings is 1. The Hall–Kier alpha value is -1.02. The summed E-state index contributed by atoms with van der Waals surface area (Å²) < 4.78 is 0. The van der Waals surface area contributed by atoms with E-state index in [1.807, 2.05) is 38.1 Å². The summed E-state index contributed by atoms with van der Waals surface area (Å²) in [7, 11) is 0. The largest absolute Gasteiger partial charge is 0.364 e. The molecule has 0 aromatic heterocycles. The van der Waals surface area contributed by atoms with Crippen LogP contribution in [0.25, 0.3) is 0 Å². The lowest BCUT2D eigenvalue weighted by Crippen LogP contribution is -2.45. The van der Waals surface area contributed by atoms with Crippen molar-refractivity contribution in [3.63, 3.8) is 0 Å². The number of rotatable bonds is 1. The first-order chi connectivity index (χ1) is 7.49. The van der Waals surface area contributed by atoms with E-state index in [2.05, 4.69) is 4.90 Å². The van der Waals surface area contributed by atoms with Crippen LogP contribution < -0.4 is 4.90 Å². The normalized spacial score (nSPS) is 19.9. The van der Waals surface area contributed by atoms with E-state index in [0.717, 1.165) is 23.7 Å². The molecule has 0 saturated carbocycles. The number of carbonyl (C=O) groups is 1. The van der Waals surface area contributed by atoms with Crippen molar-refractivity contribution < 1.29 is 4.79 Å². The second kappa shape index (κ2) is 4.10. The van der Waals surface area contributed by atoms with E-state index >= 15 is 0 Å². The molecule has 3 heteroatoms. The lowest BCUT2D eigenvalue weighted by molar-refractivity contribution is -0.127. The summed E-state index contributed by atoms with van der Waals surface area (Å²) in [6.07, 6.45) is 0.911. The zero-order chi connectivity index (χ0) is 11.8. The van der Waals surface area contributed by atoms with Crippen molar-refractivity contribution >= 4 is 23.1 Å². The maximum atomic E-state index is 11.9. The highest BCUT2D eigenvalue weighted by atomic mass is 35.5. The van der Waals surface area contributed by atoms with Gasteiger partial charge < -0.3 is 4.90 Å². The molecule has 1 aromatic rings. The Morgan fingerprint density at radius 3 is 2.44 bits per heavy atom. The number of anilines is 1. The van der Waals surface area contributed by atoms with E-state index in [1.165, 1.54) is 0 Å². The van der Waals surface area contributed by atoms with E-state index in [1.54, 1.807) is 0 Å². The minimum Gasteiger partial charge on any atom is -0.364 e. The molecule has 0 N–H and O–H groups in total. The van der Waals surface area contributed by atoms with Crippen LogP contribution in [0, 0.1) is 5.41 Å². The third-order valence-electron chi connectivity index (χ3n) is 3.29. The quantitative estimate of drug-likeness (QED) is 0.748. The van der Waals surface area contributed by atoms with Crippen LogP contribution in [0.4, 0.5) is 5.69 Å². The van der Waals surface area contributed by atoms with E-state index in [9.17, 15) is 4.79 Å². The molecule has 1 aliphatic rings. The van der Waals surface area contributed by atoms with Gasteiger partial charge in [-0.3, -0.25) is 4.79 Å². The molecular formula is C13H16ClNO. The average molecular weight is 238 g/mol. The van der Waals surface area contributed by atoms with E-state index in [0.29, 0.717) is 12.3 Å². The fourth-order valence-corrected chi connectivity index (χ4v) is 2.02.